The summed E-state index contributed by atoms with van der Waals surface area (Å²) < 4.78 is 23.1. The van der Waals surface area contributed by atoms with Gasteiger partial charge in [0.2, 0.25) is 0 Å². The molecule has 0 amide bonds. The number of sulfone groups is 1. The predicted octanol–water partition coefficient (Wildman–Crippen LogP) is 1.94. The van der Waals surface area contributed by atoms with Gasteiger partial charge in [-0.1, -0.05) is 12.1 Å². The zero-order valence-corrected chi connectivity index (χ0v) is 15.0. The largest absolute Gasteiger partial charge is 0.398 e. The van der Waals surface area contributed by atoms with Crippen LogP contribution < -0.4 is 11.1 Å². The normalized spacial score (nSPS) is 11.3. The summed E-state index contributed by atoms with van der Waals surface area (Å²) in [6, 6.07) is 10.5. The molecule has 9 heteroatoms. The van der Waals surface area contributed by atoms with Crippen molar-refractivity contribution in [3.05, 3.63) is 63.7 Å². The number of nitrogen functional groups attached to an aromatic ring is 1. The number of hydrogen-bond acceptors (Lipinski definition) is 7. The summed E-state index contributed by atoms with van der Waals surface area (Å²) in [5.41, 5.74) is 6.67. The van der Waals surface area contributed by atoms with Gasteiger partial charge in [-0.2, -0.15) is 0 Å². The molecule has 0 heterocycles. The number of hydrogen-bond donors (Lipinski definition) is 2. The van der Waals surface area contributed by atoms with Crippen LogP contribution in [0.3, 0.4) is 0 Å². The smallest absolute Gasteiger partial charge is 0.275 e. The highest BCUT2D eigenvalue weighted by Crippen LogP contribution is 2.23. The van der Waals surface area contributed by atoms with E-state index in [0.717, 1.165) is 12.3 Å². The van der Waals surface area contributed by atoms with Gasteiger partial charge in [-0.25, -0.2) is 8.42 Å². The average Bonchev–Trinajstić information content (AvgIpc) is 2.58. The predicted molar refractivity (Wildman–Crippen MR) is 97.7 cm³/mol. The second kappa shape index (κ2) is 8.07. The van der Waals surface area contributed by atoms with Crippen LogP contribution in [-0.4, -0.2) is 31.9 Å². The third kappa shape index (κ3) is 4.87. The molecule has 0 saturated carbocycles. The molecule has 0 aromatic heterocycles. The van der Waals surface area contributed by atoms with Gasteiger partial charge in [-0.05, 0) is 24.3 Å². The standard InChI is InChI=1S/C17H19N3O5S/c1-26(24,25)13-7-6-12(16(10-13)20(22)23)11-19-9-8-17(21)14-4-2-3-5-15(14)18/h2-7,10,19H,8-9,11,18H2,1H3. The molecule has 8 nitrogen and oxygen atoms in total. The van der Waals surface area contributed by atoms with Crippen LogP contribution in [-0.2, 0) is 16.4 Å². The lowest BCUT2D eigenvalue weighted by Gasteiger charge is -2.08. The lowest BCUT2D eigenvalue weighted by Crippen LogP contribution is -2.19. The first-order valence-electron chi connectivity index (χ1n) is 7.76. The SMILES string of the molecule is CS(=O)(=O)c1ccc(CNCCC(=O)c2ccccc2N)c([N+](=O)[O-])c1. The monoisotopic (exact) mass is 377 g/mol. The molecule has 0 fully saturated rings. The molecular formula is C17H19N3O5S. The fourth-order valence-electron chi connectivity index (χ4n) is 2.40. The maximum Gasteiger partial charge on any atom is 0.275 e. The van der Waals surface area contributed by atoms with Crippen molar-refractivity contribution in [2.24, 2.45) is 0 Å². The molecular weight excluding hydrogens is 358 g/mol. The van der Waals surface area contributed by atoms with Crippen LogP contribution in [0, 0.1) is 10.1 Å². The fourth-order valence-corrected chi connectivity index (χ4v) is 3.05. The van der Waals surface area contributed by atoms with E-state index in [1.54, 1.807) is 24.3 Å². The third-order valence-corrected chi connectivity index (χ3v) is 4.90. The molecule has 0 radical (unpaired) electrons. The first-order chi connectivity index (χ1) is 12.2. The van der Waals surface area contributed by atoms with Crippen molar-refractivity contribution >= 4 is 27.0 Å². The van der Waals surface area contributed by atoms with Crippen molar-refractivity contribution in [3.63, 3.8) is 0 Å². The fraction of sp³-hybridized carbons (Fsp3) is 0.235. The number of nitrogens with zero attached hydrogens (tertiary/aromatic N) is 1. The molecule has 0 spiro atoms. The van der Waals surface area contributed by atoms with Crippen molar-refractivity contribution in [2.45, 2.75) is 17.9 Å². The lowest BCUT2D eigenvalue weighted by molar-refractivity contribution is -0.385. The molecule has 138 valence electrons. The Morgan fingerprint density at radius 3 is 2.54 bits per heavy atom. The zero-order valence-electron chi connectivity index (χ0n) is 14.1. The second-order valence-corrected chi connectivity index (χ2v) is 7.77. The minimum absolute atomic E-state index is 0.109. The Morgan fingerprint density at radius 1 is 1.23 bits per heavy atom. The molecule has 0 aliphatic carbocycles. The van der Waals surface area contributed by atoms with Crippen LogP contribution in [0.25, 0.3) is 0 Å². The van der Waals surface area contributed by atoms with Gasteiger partial charge in [-0.3, -0.25) is 14.9 Å². The summed E-state index contributed by atoms with van der Waals surface area (Å²) in [7, 11) is -3.53. The van der Waals surface area contributed by atoms with Crippen LogP contribution in [0.4, 0.5) is 11.4 Å². The summed E-state index contributed by atoms with van der Waals surface area (Å²) >= 11 is 0. The van der Waals surface area contributed by atoms with E-state index >= 15 is 0 Å². The van der Waals surface area contributed by atoms with Gasteiger partial charge in [0.05, 0.1) is 9.82 Å². The number of carbonyl (C=O) groups is 1. The zero-order chi connectivity index (χ0) is 19.3. The molecule has 2 aromatic rings. The number of nitro benzene ring substituents is 1. The van der Waals surface area contributed by atoms with Gasteiger partial charge in [0, 0.05) is 48.6 Å². The molecule has 2 rings (SSSR count). The Balaban J connectivity index is 2.00. The highest BCUT2D eigenvalue weighted by atomic mass is 32.2. The quantitative estimate of drug-likeness (QED) is 0.236. The van der Waals surface area contributed by atoms with Crippen LogP contribution in [0.1, 0.15) is 22.3 Å². The van der Waals surface area contributed by atoms with E-state index < -0.39 is 14.8 Å². The molecule has 0 aliphatic rings. The summed E-state index contributed by atoms with van der Waals surface area (Å²) in [6.07, 6.45) is 1.17. The average molecular weight is 377 g/mol. The first-order valence-corrected chi connectivity index (χ1v) is 9.65. The number of nitrogens with two attached hydrogens (primary N) is 1. The number of carbonyl (C=O) groups excluding carboxylic acids is 1. The minimum atomic E-state index is -3.53. The number of rotatable bonds is 8. The molecule has 0 aliphatic heterocycles. The maximum absolute atomic E-state index is 12.1. The minimum Gasteiger partial charge on any atom is -0.398 e. The van der Waals surface area contributed by atoms with Crippen LogP contribution in [0.5, 0.6) is 0 Å². The first kappa shape index (κ1) is 19.5. The number of nitrogens with one attached hydrogen (secondary N) is 1. The van der Waals surface area contributed by atoms with Gasteiger partial charge < -0.3 is 11.1 Å². The summed E-state index contributed by atoms with van der Waals surface area (Å²) in [5, 5.41) is 14.1. The van der Waals surface area contributed by atoms with E-state index in [-0.39, 0.29) is 29.3 Å². The number of Topliss-reactive ketones (excluding diaryl/α,β-unsaturated/α-hetero) is 1. The van der Waals surface area contributed by atoms with Crippen LogP contribution in [0.15, 0.2) is 47.4 Å². The van der Waals surface area contributed by atoms with Crippen molar-refractivity contribution < 1.29 is 18.1 Å². The van der Waals surface area contributed by atoms with E-state index in [1.807, 2.05) is 0 Å². The summed E-state index contributed by atoms with van der Waals surface area (Å²) in [5.74, 6) is -0.127. The van der Waals surface area contributed by atoms with Gasteiger partial charge >= 0.3 is 0 Å². The van der Waals surface area contributed by atoms with E-state index in [0.29, 0.717) is 23.4 Å². The number of nitro groups is 1. The molecule has 2 aromatic carbocycles. The molecule has 26 heavy (non-hydrogen) atoms. The Labute approximate surface area is 151 Å². The van der Waals surface area contributed by atoms with Crippen LogP contribution in [0.2, 0.25) is 0 Å². The van der Waals surface area contributed by atoms with E-state index in [9.17, 15) is 23.3 Å². The number of anilines is 1. The van der Waals surface area contributed by atoms with Crippen molar-refractivity contribution in [1.82, 2.24) is 5.32 Å². The van der Waals surface area contributed by atoms with Gasteiger partial charge in [0.25, 0.3) is 5.69 Å². The van der Waals surface area contributed by atoms with Crippen molar-refractivity contribution in [3.8, 4) is 0 Å². The topological polar surface area (TPSA) is 132 Å². The Hall–Kier alpha value is -2.78. The Kier molecular flexibility index (Phi) is 6.06. The van der Waals surface area contributed by atoms with Gasteiger partial charge in [0.1, 0.15) is 0 Å². The third-order valence-electron chi connectivity index (χ3n) is 3.79. The molecule has 0 saturated heterocycles. The molecule has 0 bridgehead atoms. The summed E-state index contributed by atoms with van der Waals surface area (Å²) in [6.45, 7) is 0.441. The number of benzene rings is 2. The molecule has 0 atom stereocenters. The maximum atomic E-state index is 12.1. The Morgan fingerprint density at radius 2 is 1.92 bits per heavy atom. The lowest BCUT2D eigenvalue weighted by atomic mass is 10.1. The summed E-state index contributed by atoms with van der Waals surface area (Å²) in [4.78, 5) is 22.6. The number of para-hydroxylation sites is 1. The van der Waals surface area contributed by atoms with E-state index in [4.69, 9.17) is 5.73 Å². The van der Waals surface area contributed by atoms with Crippen molar-refractivity contribution in [2.75, 3.05) is 18.5 Å². The second-order valence-electron chi connectivity index (χ2n) is 5.76. The van der Waals surface area contributed by atoms with E-state index in [1.165, 1.54) is 12.1 Å². The van der Waals surface area contributed by atoms with Crippen molar-refractivity contribution in [1.29, 1.82) is 0 Å². The van der Waals surface area contributed by atoms with Gasteiger partial charge in [0.15, 0.2) is 15.6 Å². The van der Waals surface area contributed by atoms with Gasteiger partial charge in [-0.15, -0.1) is 0 Å². The highest BCUT2D eigenvalue weighted by Gasteiger charge is 2.18. The van der Waals surface area contributed by atoms with Crippen LogP contribution >= 0.6 is 0 Å². The molecule has 3 N–H and O–H groups in total. The Bertz CT molecular complexity index is 941. The number of ketones is 1. The van der Waals surface area contributed by atoms with E-state index in [2.05, 4.69) is 5.32 Å². The highest BCUT2D eigenvalue weighted by molar-refractivity contribution is 7.90. The molecule has 0 unspecified atom stereocenters.